The molecule has 1 aromatic rings. The summed E-state index contributed by atoms with van der Waals surface area (Å²) in [5.74, 6) is -0.0933. The van der Waals surface area contributed by atoms with Gasteiger partial charge in [0.2, 0.25) is 5.91 Å². The Morgan fingerprint density at radius 1 is 1.33 bits per heavy atom. The summed E-state index contributed by atoms with van der Waals surface area (Å²) in [6.07, 6.45) is 3.66. The molecule has 0 atom stereocenters. The van der Waals surface area contributed by atoms with Crippen molar-refractivity contribution in [1.29, 1.82) is 0 Å². The van der Waals surface area contributed by atoms with Crippen molar-refractivity contribution < 1.29 is 4.79 Å². The van der Waals surface area contributed by atoms with Gasteiger partial charge in [-0.1, -0.05) is 32.0 Å². The molecule has 2 rings (SSSR count). The van der Waals surface area contributed by atoms with E-state index in [0.29, 0.717) is 6.54 Å². The first-order valence-corrected chi connectivity index (χ1v) is 6.62. The molecule has 0 unspecified atom stereocenters. The van der Waals surface area contributed by atoms with Crippen LogP contribution in [0.1, 0.15) is 37.0 Å². The van der Waals surface area contributed by atoms with E-state index in [-0.39, 0.29) is 17.9 Å². The summed E-state index contributed by atoms with van der Waals surface area (Å²) in [7, 11) is 0. The third kappa shape index (κ3) is 2.72. The molecule has 0 aromatic heterocycles. The lowest BCUT2D eigenvalue weighted by molar-refractivity contribution is -0.119. The van der Waals surface area contributed by atoms with Crippen molar-refractivity contribution in [2.75, 3.05) is 13.1 Å². The molecule has 18 heavy (non-hydrogen) atoms. The predicted molar refractivity (Wildman–Crippen MR) is 73.6 cm³/mol. The molecule has 1 aliphatic rings. The van der Waals surface area contributed by atoms with E-state index in [2.05, 4.69) is 37.4 Å². The molecule has 3 nitrogen and oxygen atoms in total. The highest BCUT2D eigenvalue weighted by Gasteiger charge is 2.23. The third-order valence-corrected chi connectivity index (χ3v) is 3.79. The smallest absolute Gasteiger partial charge is 0.233 e. The van der Waals surface area contributed by atoms with Gasteiger partial charge in [0.05, 0.1) is 6.54 Å². The van der Waals surface area contributed by atoms with Crippen LogP contribution in [0.4, 0.5) is 0 Å². The van der Waals surface area contributed by atoms with Gasteiger partial charge in [0, 0.05) is 12.0 Å². The summed E-state index contributed by atoms with van der Waals surface area (Å²) in [5, 5.41) is 2.87. The highest BCUT2D eigenvalue weighted by atomic mass is 16.1. The Bertz CT molecular complexity index is 452. The molecule has 0 radical (unpaired) electrons. The molecule has 3 heteroatoms. The second-order valence-electron chi connectivity index (χ2n) is 5.70. The van der Waals surface area contributed by atoms with E-state index >= 15 is 0 Å². The second kappa shape index (κ2) is 5.11. The lowest BCUT2D eigenvalue weighted by Gasteiger charge is -2.26. The molecule has 0 spiro atoms. The van der Waals surface area contributed by atoms with Gasteiger partial charge in [0.15, 0.2) is 0 Å². The molecule has 0 heterocycles. The van der Waals surface area contributed by atoms with Crippen molar-refractivity contribution in [3.8, 4) is 0 Å². The van der Waals surface area contributed by atoms with E-state index in [1.807, 2.05) is 0 Å². The molecule has 0 saturated heterocycles. The van der Waals surface area contributed by atoms with Gasteiger partial charge in [-0.25, -0.2) is 0 Å². The average Bonchev–Trinajstić information content (AvgIpc) is 2.83. The topological polar surface area (TPSA) is 55.1 Å². The molecular formula is C15H22N2O. The lowest BCUT2D eigenvalue weighted by atomic mass is 9.83. The van der Waals surface area contributed by atoms with Gasteiger partial charge in [0.25, 0.3) is 0 Å². The fraction of sp³-hybridized carbons (Fsp3) is 0.533. The number of rotatable bonds is 4. The van der Waals surface area contributed by atoms with Crippen LogP contribution in [0.5, 0.6) is 0 Å². The number of hydrogen-bond donors (Lipinski definition) is 2. The Hall–Kier alpha value is -1.35. The Morgan fingerprint density at radius 3 is 2.78 bits per heavy atom. The molecule has 0 fully saturated rings. The number of nitrogens with one attached hydrogen (secondary N) is 1. The summed E-state index contributed by atoms with van der Waals surface area (Å²) in [4.78, 5) is 11.2. The molecule has 98 valence electrons. The maximum absolute atomic E-state index is 11.2. The van der Waals surface area contributed by atoms with Crippen molar-refractivity contribution in [3.63, 3.8) is 0 Å². The second-order valence-corrected chi connectivity index (χ2v) is 5.70. The quantitative estimate of drug-likeness (QED) is 0.846. The zero-order chi connectivity index (χ0) is 13.2. The van der Waals surface area contributed by atoms with Crippen LogP contribution in [-0.4, -0.2) is 19.0 Å². The van der Waals surface area contributed by atoms with Gasteiger partial charge in [0.1, 0.15) is 0 Å². The fourth-order valence-electron chi connectivity index (χ4n) is 2.49. The Kier molecular flexibility index (Phi) is 3.71. The van der Waals surface area contributed by atoms with Crippen LogP contribution < -0.4 is 11.1 Å². The van der Waals surface area contributed by atoms with Crippen molar-refractivity contribution in [2.45, 2.75) is 38.5 Å². The largest absolute Gasteiger partial charge is 0.354 e. The van der Waals surface area contributed by atoms with Gasteiger partial charge in [-0.05, 0) is 36.0 Å². The van der Waals surface area contributed by atoms with Gasteiger partial charge in [-0.15, -0.1) is 0 Å². The molecule has 3 N–H and O–H groups in total. The van der Waals surface area contributed by atoms with Crippen LogP contribution in [0.3, 0.4) is 0 Å². The molecule has 0 bridgehead atoms. The fourth-order valence-corrected chi connectivity index (χ4v) is 2.49. The number of carbonyl (C=O) groups is 1. The molecule has 0 aliphatic heterocycles. The van der Waals surface area contributed by atoms with E-state index in [1.54, 1.807) is 0 Å². The van der Waals surface area contributed by atoms with Gasteiger partial charge in [-0.2, -0.15) is 0 Å². The van der Waals surface area contributed by atoms with Crippen LogP contribution in [0.2, 0.25) is 0 Å². The molecular weight excluding hydrogens is 224 g/mol. The SMILES string of the molecule is CC(C)(CNC(=O)CN)c1ccc2c(c1)CCC2. The average molecular weight is 246 g/mol. The molecule has 1 aromatic carbocycles. The minimum Gasteiger partial charge on any atom is -0.354 e. The van der Waals surface area contributed by atoms with Gasteiger partial charge >= 0.3 is 0 Å². The van der Waals surface area contributed by atoms with E-state index in [9.17, 15) is 4.79 Å². The van der Waals surface area contributed by atoms with E-state index in [0.717, 1.165) is 0 Å². The molecule has 1 amide bonds. The number of carbonyl (C=O) groups excluding carboxylic acids is 1. The van der Waals surface area contributed by atoms with Crippen molar-refractivity contribution in [1.82, 2.24) is 5.32 Å². The third-order valence-electron chi connectivity index (χ3n) is 3.79. The minimum absolute atomic E-state index is 0.0531. The first-order valence-electron chi connectivity index (χ1n) is 6.62. The van der Waals surface area contributed by atoms with Crippen LogP contribution in [-0.2, 0) is 23.1 Å². The number of hydrogen-bond acceptors (Lipinski definition) is 2. The first-order chi connectivity index (χ1) is 8.53. The summed E-state index contributed by atoms with van der Waals surface area (Å²) in [5.41, 5.74) is 9.50. The predicted octanol–water partition coefficient (Wildman–Crippen LogP) is 1.53. The number of aryl methyl sites for hydroxylation is 2. The maximum atomic E-state index is 11.2. The Balaban J connectivity index is 2.11. The standard InChI is InChI=1S/C15H22N2O/c1-15(2,10-17-14(18)9-16)13-7-6-11-4-3-5-12(11)8-13/h6-8H,3-5,9-10,16H2,1-2H3,(H,17,18). The minimum atomic E-state index is -0.0933. The molecule has 0 saturated carbocycles. The van der Waals surface area contributed by atoms with Crippen LogP contribution in [0.25, 0.3) is 0 Å². The van der Waals surface area contributed by atoms with Gasteiger partial charge in [-0.3, -0.25) is 4.79 Å². The highest BCUT2D eigenvalue weighted by Crippen LogP contribution is 2.29. The highest BCUT2D eigenvalue weighted by molar-refractivity contribution is 5.77. The summed E-state index contributed by atoms with van der Waals surface area (Å²) in [6.45, 7) is 4.99. The first kappa shape index (κ1) is 13.1. The van der Waals surface area contributed by atoms with Crippen molar-refractivity contribution >= 4 is 5.91 Å². The monoisotopic (exact) mass is 246 g/mol. The lowest BCUT2D eigenvalue weighted by Crippen LogP contribution is -2.39. The number of amides is 1. The van der Waals surface area contributed by atoms with E-state index in [4.69, 9.17) is 5.73 Å². The zero-order valence-electron chi connectivity index (χ0n) is 11.3. The van der Waals surface area contributed by atoms with Gasteiger partial charge < -0.3 is 11.1 Å². The maximum Gasteiger partial charge on any atom is 0.233 e. The summed E-state index contributed by atoms with van der Waals surface area (Å²) < 4.78 is 0. The zero-order valence-corrected chi connectivity index (χ0v) is 11.3. The van der Waals surface area contributed by atoms with Crippen molar-refractivity contribution in [2.24, 2.45) is 5.73 Å². The molecule has 1 aliphatic carbocycles. The number of benzene rings is 1. The van der Waals surface area contributed by atoms with E-state index in [1.165, 1.54) is 36.0 Å². The summed E-state index contributed by atoms with van der Waals surface area (Å²) >= 11 is 0. The summed E-state index contributed by atoms with van der Waals surface area (Å²) in [6, 6.07) is 6.74. The Morgan fingerprint density at radius 2 is 2.06 bits per heavy atom. The Labute approximate surface area is 109 Å². The van der Waals surface area contributed by atoms with Crippen LogP contribution >= 0.6 is 0 Å². The number of nitrogens with two attached hydrogens (primary N) is 1. The normalized spacial score (nSPS) is 14.4. The van der Waals surface area contributed by atoms with Crippen LogP contribution in [0.15, 0.2) is 18.2 Å². The number of fused-ring (bicyclic) bond motifs is 1. The van der Waals surface area contributed by atoms with Crippen molar-refractivity contribution in [3.05, 3.63) is 34.9 Å². The van der Waals surface area contributed by atoms with E-state index < -0.39 is 0 Å². The van der Waals surface area contributed by atoms with Crippen LogP contribution in [0, 0.1) is 0 Å².